The molecule has 0 spiro atoms. The average molecular weight is 266 g/mol. The number of hydrogen-bond acceptors (Lipinski definition) is 3. The van der Waals surface area contributed by atoms with E-state index in [1.807, 2.05) is 6.07 Å². The van der Waals surface area contributed by atoms with E-state index < -0.39 is 0 Å². The maximum Gasteiger partial charge on any atom is 0.137 e. The maximum atomic E-state index is 11.2. The van der Waals surface area contributed by atoms with Crippen LogP contribution in [0.25, 0.3) is 11.3 Å². The Bertz CT molecular complexity index is 649. The van der Waals surface area contributed by atoms with E-state index in [1.165, 1.54) is 30.4 Å². The van der Waals surface area contributed by atoms with Gasteiger partial charge in [0.15, 0.2) is 0 Å². The minimum Gasteiger partial charge on any atom is -0.300 e. The van der Waals surface area contributed by atoms with E-state index >= 15 is 0 Å². The first-order valence-electron chi connectivity index (χ1n) is 7.16. The Morgan fingerprint density at radius 3 is 2.75 bits per heavy atom. The zero-order valence-electron chi connectivity index (χ0n) is 11.7. The van der Waals surface area contributed by atoms with Gasteiger partial charge in [-0.15, -0.1) is 0 Å². The number of nitrogens with zero attached hydrogens (tertiary/aromatic N) is 2. The number of ketones is 1. The molecule has 102 valence electrons. The molecule has 2 aromatic rings. The van der Waals surface area contributed by atoms with Crippen LogP contribution in [0.1, 0.15) is 36.7 Å². The normalized spacial score (nSPS) is 13.8. The predicted octanol–water partition coefficient (Wildman–Crippen LogP) is 3.15. The first kappa shape index (κ1) is 13.0. The van der Waals surface area contributed by atoms with Crippen LogP contribution in [0.5, 0.6) is 0 Å². The summed E-state index contributed by atoms with van der Waals surface area (Å²) in [4.78, 5) is 19.8. The Labute approximate surface area is 119 Å². The highest BCUT2D eigenvalue weighted by Crippen LogP contribution is 2.26. The van der Waals surface area contributed by atoms with Gasteiger partial charge in [0.2, 0.25) is 0 Å². The minimum absolute atomic E-state index is 0.0904. The summed E-state index contributed by atoms with van der Waals surface area (Å²) in [5.74, 6) is 0.695. The summed E-state index contributed by atoms with van der Waals surface area (Å²) in [6.07, 6.45) is 6.96. The van der Waals surface area contributed by atoms with Gasteiger partial charge < -0.3 is 0 Å². The van der Waals surface area contributed by atoms with Crippen molar-refractivity contribution in [1.82, 2.24) is 9.97 Å². The van der Waals surface area contributed by atoms with Gasteiger partial charge in [0.1, 0.15) is 11.6 Å². The summed E-state index contributed by atoms with van der Waals surface area (Å²) in [7, 11) is 0. The van der Waals surface area contributed by atoms with Gasteiger partial charge in [-0.25, -0.2) is 9.97 Å². The molecule has 0 amide bonds. The Balaban J connectivity index is 1.94. The fourth-order valence-electron chi connectivity index (χ4n) is 2.76. The number of aromatic nitrogens is 2. The summed E-state index contributed by atoms with van der Waals surface area (Å²) in [6.45, 7) is 1.56. The summed E-state index contributed by atoms with van der Waals surface area (Å²) in [5, 5.41) is 0. The van der Waals surface area contributed by atoms with Crippen LogP contribution >= 0.6 is 0 Å². The number of aryl methyl sites for hydroxylation is 2. The van der Waals surface area contributed by atoms with E-state index in [0.29, 0.717) is 12.2 Å². The largest absolute Gasteiger partial charge is 0.300 e. The van der Waals surface area contributed by atoms with Gasteiger partial charge in [-0.2, -0.15) is 0 Å². The van der Waals surface area contributed by atoms with Crippen molar-refractivity contribution in [2.45, 2.75) is 39.0 Å². The Morgan fingerprint density at radius 2 is 1.95 bits per heavy atom. The molecule has 0 saturated heterocycles. The molecule has 0 fully saturated rings. The molecule has 3 nitrogen and oxygen atoms in total. The lowest BCUT2D eigenvalue weighted by Gasteiger charge is -2.16. The van der Waals surface area contributed by atoms with Crippen molar-refractivity contribution in [2.75, 3.05) is 0 Å². The Kier molecular flexibility index (Phi) is 3.59. The van der Waals surface area contributed by atoms with Crippen LogP contribution in [0.4, 0.5) is 0 Å². The van der Waals surface area contributed by atoms with E-state index in [0.717, 1.165) is 17.7 Å². The number of Topliss-reactive ketones (excluding diaryl/α,β-unsaturated/α-hetero) is 1. The monoisotopic (exact) mass is 266 g/mol. The second kappa shape index (κ2) is 5.53. The minimum atomic E-state index is 0.0904. The number of fused-ring (bicyclic) bond motifs is 1. The highest BCUT2D eigenvalue weighted by molar-refractivity contribution is 5.77. The first-order chi connectivity index (χ1) is 9.72. The molecule has 1 heterocycles. The van der Waals surface area contributed by atoms with Crippen molar-refractivity contribution in [2.24, 2.45) is 0 Å². The van der Waals surface area contributed by atoms with Crippen LogP contribution in [0.2, 0.25) is 0 Å². The van der Waals surface area contributed by atoms with E-state index in [-0.39, 0.29) is 5.78 Å². The van der Waals surface area contributed by atoms with E-state index in [1.54, 1.807) is 13.1 Å². The third-order valence-electron chi connectivity index (χ3n) is 3.76. The van der Waals surface area contributed by atoms with Crippen molar-refractivity contribution in [1.29, 1.82) is 0 Å². The zero-order valence-corrected chi connectivity index (χ0v) is 11.7. The number of hydrogen-bond donors (Lipinski definition) is 0. The number of rotatable bonds is 3. The Morgan fingerprint density at radius 1 is 1.15 bits per heavy atom. The van der Waals surface area contributed by atoms with Crippen molar-refractivity contribution < 1.29 is 4.79 Å². The standard InChI is InChI=1S/C17H18N2O/c1-12(20)10-17-18-9-8-16(19-17)15-7-6-13-4-2-3-5-14(13)11-15/h6-9,11H,2-5,10H2,1H3. The highest BCUT2D eigenvalue weighted by atomic mass is 16.1. The summed E-state index contributed by atoms with van der Waals surface area (Å²) < 4.78 is 0. The van der Waals surface area contributed by atoms with Gasteiger partial charge >= 0.3 is 0 Å². The SMILES string of the molecule is CC(=O)Cc1nccc(-c2ccc3c(c2)CCCC3)n1. The molecule has 0 unspecified atom stereocenters. The molecule has 0 bridgehead atoms. The predicted molar refractivity (Wildman–Crippen MR) is 78.5 cm³/mol. The maximum absolute atomic E-state index is 11.2. The van der Waals surface area contributed by atoms with Gasteiger partial charge in [0, 0.05) is 11.8 Å². The number of carbonyl (C=O) groups is 1. The quantitative estimate of drug-likeness (QED) is 0.857. The molecule has 1 aromatic heterocycles. The molecule has 20 heavy (non-hydrogen) atoms. The molecule has 1 aliphatic carbocycles. The van der Waals surface area contributed by atoms with Crippen molar-refractivity contribution >= 4 is 5.78 Å². The van der Waals surface area contributed by atoms with Gasteiger partial charge in [-0.05, 0) is 55.9 Å². The third kappa shape index (κ3) is 2.77. The topological polar surface area (TPSA) is 42.9 Å². The van der Waals surface area contributed by atoms with Crippen molar-refractivity contribution in [3.63, 3.8) is 0 Å². The zero-order chi connectivity index (χ0) is 13.9. The smallest absolute Gasteiger partial charge is 0.137 e. The molecule has 0 radical (unpaired) electrons. The molecule has 0 saturated carbocycles. The van der Waals surface area contributed by atoms with Crippen LogP contribution in [0.15, 0.2) is 30.5 Å². The summed E-state index contributed by atoms with van der Waals surface area (Å²) in [5.41, 5.74) is 4.95. The van der Waals surface area contributed by atoms with E-state index in [9.17, 15) is 4.79 Å². The summed E-state index contributed by atoms with van der Waals surface area (Å²) >= 11 is 0. The van der Waals surface area contributed by atoms with Crippen LogP contribution < -0.4 is 0 Å². The lowest BCUT2D eigenvalue weighted by atomic mass is 9.90. The van der Waals surface area contributed by atoms with Crippen LogP contribution in [-0.2, 0) is 24.1 Å². The summed E-state index contributed by atoms with van der Waals surface area (Å²) in [6, 6.07) is 8.50. The molecule has 0 aliphatic heterocycles. The molecule has 3 rings (SSSR count). The second-order valence-corrected chi connectivity index (χ2v) is 5.43. The van der Waals surface area contributed by atoms with Crippen molar-refractivity contribution in [3.05, 3.63) is 47.4 Å². The molecule has 1 aliphatic rings. The molecular weight excluding hydrogens is 248 g/mol. The highest BCUT2D eigenvalue weighted by Gasteiger charge is 2.11. The number of benzene rings is 1. The average Bonchev–Trinajstić information content (AvgIpc) is 2.46. The second-order valence-electron chi connectivity index (χ2n) is 5.43. The molecule has 1 aromatic carbocycles. The fourth-order valence-corrected chi connectivity index (χ4v) is 2.76. The Hall–Kier alpha value is -2.03. The van der Waals surface area contributed by atoms with Gasteiger partial charge in [-0.3, -0.25) is 4.79 Å². The molecule has 0 N–H and O–H groups in total. The lowest BCUT2D eigenvalue weighted by Crippen LogP contribution is -2.04. The van der Waals surface area contributed by atoms with Gasteiger partial charge in [0.05, 0.1) is 12.1 Å². The number of carbonyl (C=O) groups excluding carboxylic acids is 1. The van der Waals surface area contributed by atoms with E-state index in [2.05, 4.69) is 28.2 Å². The van der Waals surface area contributed by atoms with Gasteiger partial charge in [-0.1, -0.05) is 12.1 Å². The van der Waals surface area contributed by atoms with Crippen LogP contribution in [0, 0.1) is 0 Å². The lowest BCUT2D eigenvalue weighted by molar-refractivity contribution is -0.116. The third-order valence-corrected chi connectivity index (χ3v) is 3.76. The molecule has 0 atom stereocenters. The van der Waals surface area contributed by atoms with Crippen molar-refractivity contribution in [3.8, 4) is 11.3 Å². The molecular formula is C17H18N2O. The van der Waals surface area contributed by atoms with Gasteiger partial charge in [0.25, 0.3) is 0 Å². The molecule has 3 heteroatoms. The van der Waals surface area contributed by atoms with Crippen LogP contribution in [-0.4, -0.2) is 15.8 Å². The first-order valence-corrected chi connectivity index (χ1v) is 7.16. The van der Waals surface area contributed by atoms with E-state index in [4.69, 9.17) is 0 Å². The van der Waals surface area contributed by atoms with Crippen LogP contribution in [0.3, 0.4) is 0 Å². The fraction of sp³-hybridized carbons (Fsp3) is 0.353.